The summed E-state index contributed by atoms with van der Waals surface area (Å²) in [5.41, 5.74) is 24.7. The van der Waals surface area contributed by atoms with E-state index in [-0.39, 0.29) is 7.43 Å². The van der Waals surface area contributed by atoms with E-state index in [0.29, 0.717) is 11.1 Å². The van der Waals surface area contributed by atoms with Gasteiger partial charge in [-0.2, -0.15) is 0 Å². The molecule has 0 N–H and O–H groups in total. The lowest BCUT2D eigenvalue weighted by molar-refractivity contribution is 0.0816. The van der Waals surface area contributed by atoms with Crippen LogP contribution in [0.3, 0.4) is 0 Å². The van der Waals surface area contributed by atoms with Gasteiger partial charge < -0.3 is 13.7 Å². The number of hydrogen-bond acceptors (Lipinski definition) is 2. The second kappa shape index (κ2) is 27.8. The van der Waals surface area contributed by atoms with Crippen LogP contribution in [-0.2, 0) is 0 Å². The van der Waals surface area contributed by atoms with Crippen LogP contribution in [0.15, 0.2) is 259 Å². The number of carbonyl (C=O) groups is 2. The number of para-hydroxylation sites is 6. The predicted octanol–water partition coefficient (Wildman–Crippen LogP) is 22.7. The lowest BCUT2D eigenvalue weighted by atomic mass is 9.92. The number of halogens is 1. The third-order valence-electron chi connectivity index (χ3n) is 17.2. The largest absolute Gasteiger partial charge is 0.309 e. The van der Waals surface area contributed by atoms with E-state index in [1.807, 2.05) is 81.4 Å². The van der Waals surface area contributed by atoms with Gasteiger partial charge in [-0.1, -0.05) is 203 Å². The van der Waals surface area contributed by atoms with Crippen LogP contribution in [0.1, 0.15) is 94.9 Å². The number of Topliss-reactive ketones (excluding diaryl/α,β-unsaturated/α-hetero) is 2. The van der Waals surface area contributed by atoms with E-state index in [4.69, 9.17) is 6.42 Å². The highest BCUT2D eigenvalue weighted by Gasteiger charge is 2.24. The van der Waals surface area contributed by atoms with E-state index in [2.05, 4.69) is 277 Å². The normalized spacial score (nSPS) is 10.8. The molecule has 0 bridgehead atoms. The predicted molar refractivity (Wildman–Crippen MR) is 401 cm³/mol. The zero-order chi connectivity index (χ0) is 65.0. The Morgan fingerprint density at radius 3 is 1.10 bits per heavy atom. The smallest absolute Gasteiger partial charge is 0.234 e. The summed E-state index contributed by atoms with van der Waals surface area (Å²) in [4.78, 5) is 26.4. The summed E-state index contributed by atoms with van der Waals surface area (Å²) in [6, 6.07) is 87.6. The average molecular weight is 1290 g/mol. The Morgan fingerprint density at radius 2 is 0.670 bits per heavy atom. The van der Waals surface area contributed by atoms with Crippen molar-refractivity contribution in [2.45, 2.75) is 69.7 Å². The first-order valence-corrected chi connectivity index (χ1v) is 32.1. The number of fused-ring (bicyclic) bond motifs is 9. The van der Waals surface area contributed by atoms with Crippen LogP contribution in [0.4, 0.5) is 0 Å². The Balaban J connectivity index is 0.000000135. The van der Waals surface area contributed by atoms with E-state index < -0.39 is 11.6 Å². The lowest BCUT2D eigenvalue weighted by Gasteiger charge is -2.10. The maximum atomic E-state index is 13.2. The molecule has 0 aliphatic carbocycles. The molecule has 460 valence electrons. The Bertz CT molecular complexity index is 5420. The van der Waals surface area contributed by atoms with Gasteiger partial charge in [-0.25, -0.2) is 0 Å². The molecule has 0 radical (unpaired) electrons. The minimum atomic E-state index is -0.474. The highest BCUT2D eigenvalue weighted by Crippen LogP contribution is 2.36. The van der Waals surface area contributed by atoms with Gasteiger partial charge in [-0.05, 0) is 205 Å². The van der Waals surface area contributed by atoms with Crippen LogP contribution in [0.5, 0.6) is 0 Å². The van der Waals surface area contributed by atoms with Gasteiger partial charge >= 0.3 is 0 Å². The Hall–Kier alpha value is -11.0. The van der Waals surface area contributed by atoms with Crippen LogP contribution in [-0.4, -0.2) is 25.3 Å². The maximum Gasteiger partial charge on any atom is 0.234 e. The fourth-order valence-electron chi connectivity index (χ4n) is 13.4. The standard InChI is InChI=1S/C29H23NO2.C29H23N.C18H12BrN.C11H12.CH4/c1-18-15-19(2)27(20(3)16-18)29(32)28(31)21-13-14-26-24(17-21)23-11-7-8-12-25(23)30(26)22-9-5-4-6-10-22;1-20-17-21(2)25(22(3)18-20)15-13-23-14-16-29-27(19-23)26-11-7-8-12-28(26)30(29)24-9-5-4-6-10-24;19-13-10-11-18-16(12-13)15-8-4-5-9-17(15)20(18)14-6-2-1-3-7-14;1-5-11-9(3)6-8(2)7-10(11)4;/h4-17H,1-3H3;4-12,14,16-19H,1-3H3;1-12H;1,6-7H,2-4H3;1H4. The Labute approximate surface area is 560 Å². The molecule has 3 heterocycles. The lowest BCUT2D eigenvalue weighted by Crippen LogP contribution is -2.17. The zero-order valence-corrected chi connectivity index (χ0v) is 55.4. The summed E-state index contributed by atoms with van der Waals surface area (Å²) in [6.07, 6.45) is 5.35. The zero-order valence-electron chi connectivity index (χ0n) is 53.9. The van der Waals surface area contributed by atoms with Crippen LogP contribution >= 0.6 is 15.9 Å². The van der Waals surface area contributed by atoms with Crippen molar-refractivity contribution in [2.24, 2.45) is 0 Å². The highest BCUT2D eigenvalue weighted by molar-refractivity contribution is 9.10. The van der Waals surface area contributed by atoms with Gasteiger partial charge in [0.15, 0.2) is 0 Å². The van der Waals surface area contributed by atoms with Crippen LogP contribution in [0.25, 0.3) is 82.5 Å². The number of rotatable bonds is 6. The maximum absolute atomic E-state index is 13.2. The number of aryl methyl sites for hydroxylation is 9. The van der Waals surface area contributed by atoms with Crippen LogP contribution < -0.4 is 0 Å². The van der Waals surface area contributed by atoms with Crippen molar-refractivity contribution in [2.75, 3.05) is 0 Å². The molecular weight excluding hydrogens is 1210 g/mol. The summed E-state index contributed by atoms with van der Waals surface area (Å²) >= 11 is 3.57. The van der Waals surface area contributed by atoms with Crippen molar-refractivity contribution in [3.63, 3.8) is 0 Å². The number of nitrogens with zero attached hydrogens (tertiary/aromatic N) is 3. The number of ketones is 2. The number of aromatic nitrogens is 3. The quantitative estimate of drug-likeness (QED) is 0.0946. The van der Waals surface area contributed by atoms with Gasteiger partial charge in [0.2, 0.25) is 11.6 Å². The first kappa shape index (κ1) is 64.5. The van der Waals surface area contributed by atoms with Crippen molar-refractivity contribution in [1.82, 2.24) is 13.7 Å². The van der Waals surface area contributed by atoms with Crippen LogP contribution in [0.2, 0.25) is 0 Å². The topological polar surface area (TPSA) is 48.9 Å². The third-order valence-corrected chi connectivity index (χ3v) is 17.7. The summed E-state index contributed by atoms with van der Waals surface area (Å²) in [5, 5.41) is 7.06. The van der Waals surface area contributed by atoms with Gasteiger partial charge in [0.05, 0.1) is 33.1 Å². The molecular formula is C88H74BrN3O2. The van der Waals surface area contributed by atoms with Crippen LogP contribution in [0, 0.1) is 86.5 Å². The molecule has 0 fully saturated rings. The average Bonchev–Trinajstić information content (AvgIpc) is 1.61. The Kier molecular flexibility index (Phi) is 19.1. The molecule has 5 nitrogen and oxygen atoms in total. The molecule has 94 heavy (non-hydrogen) atoms. The first-order valence-electron chi connectivity index (χ1n) is 31.3. The minimum absolute atomic E-state index is 0. The fraction of sp³-hybridized carbons (Fsp3) is 0.114. The van der Waals surface area contributed by atoms with Gasteiger partial charge in [-0.3, -0.25) is 9.59 Å². The molecule has 3 aromatic heterocycles. The molecule has 0 saturated heterocycles. The molecule has 15 aromatic rings. The molecule has 0 amide bonds. The number of hydrogen-bond donors (Lipinski definition) is 0. The minimum Gasteiger partial charge on any atom is -0.309 e. The fourth-order valence-corrected chi connectivity index (χ4v) is 13.7. The van der Waals surface area contributed by atoms with Crippen molar-refractivity contribution in [3.8, 4) is 41.2 Å². The molecule has 0 aliphatic heterocycles. The van der Waals surface area contributed by atoms with E-state index in [9.17, 15) is 9.59 Å². The second-order valence-corrected chi connectivity index (χ2v) is 25.0. The molecule has 0 aliphatic rings. The summed E-state index contributed by atoms with van der Waals surface area (Å²) in [6.45, 7) is 18.4. The summed E-state index contributed by atoms with van der Waals surface area (Å²) in [5.74, 6) is 8.59. The highest BCUT2D eigenvalue weighted by atomic mass is 79.9. The van der Waals surface area contributed by atoms with E-state index in [1.165, 1.54) is 88.4 Å². The van der Waals surface area contributed by atoms with E-state index in [1.54, 1.807) is 6.07 Å². The number of carbonyl (C=O) groups excluding carboxylic acids is 2. The molecule has 0 atom stereocenters. The molecule has 15 rings (SSSR count). The monoisotopic (exact) mass is 1280 g/mol. The SMILES string of the molecule is Brc1ccc2c(c1)c1ccccc1n2-c1ccccc1.C.C#Cc1c(C)cc(C)cc1C.Cc1cc(C)c(C#Cc2ccc3c(c2)c2ccccc2n3-c2ccccc2)c(C)c1.Cc1cc(C)c(C(=O)C(=O)c2ccc3c(c2)c2ccccc2n3-c2ccccc2)c(C)c1. The van der Waals surface area contributed by atoms with E-state index >= 15 is 0 Å². The van der Waals surface area contributed by atoms with Gasteiger partial charge in [0.25, 0.3) is 0 Å². The summed E-state index contributed by atoms with van der Waals surface area (Å²) in [7, 11) is 0. The summed E-state index contributed by atoms with van der Waals surface area (Å²) < 4.78 is 7.95. The molecule has 12 aromatic carbocycles. The Morgan fingerprint density at radius 1 is 0.330 bits per heavy atom. The second-order valence-electron chi connectivity index (χ2n) is 24.1. The van der Waals surface area contributed by atoms with Crippen molar-refractivity contribution in [1.29, 1.82) is 0 Å². The number of benzene rings is 12. The molecule has 0 unspecified atom stereocenters. The number of terminal acetylenes is 1. The van der Waals surface area contributed by atoms with Gasteiger partial charge in [0, 0.05) is 81.7 Å². The van der Waals surface area contributed by atoms with Gasteiger partial charge in [0.1, 0.15) is 0 Å². The molecule has 6 heteroatoms. The van der Waals surface area contributed by atoms with Crippen molar-refractivity contribution < 1.29 is 9.59 Å². The third kappa shape index (κ3) is 13.0. The van der Waals surface area contributed by atoms with Gasteiger partial charge in [-0.15, -0.1) is 6.42 Å². The van der Waals surface area contributed by atoms with Crippen molar-refractivity contribution >= 4 is 92.9 Å². The first-order chi connectivity index (χ1) is 45.1. The molecule has 0 spiro atoms. The van der Waals surface area contributed by atoms with E-state index in [0.717, 1.165) is 65.3 Å². The van der Waals surface area contributed by atoms with Crippen molar-refractivity contribution in [3.05, 3.63) is 337 Å². The molecule has 0 saturated carbocycles.